The molecule has 2 heterocycles. The van der Waals surface area contributed by atoms with E-state index in [1.165, 1.54) is 0 Å². The van der Waals surface area contributed by atoms with Crippen LogP contribution in [0.4, 0.5) is 11.1 Å². The lowest BCUT2D eigenvalue weighted by Gasteiger charge is -2.14. The number of aromatic nitrogens is 3. The third-order valence-corrected chi connectivity index (χ3v) is 3.28. The molecule has 0 saturated carbocycles. The summed E-state index contributed by atoms with van der Waals surface area (Å²) in [6, 6.07) is 0. The van der Waals surface area contributed by atoms with Crippen LogP contribution >= 0.6 is 27.3 Å². The molecule has 0 aromatic carbocycles. The first kappa shape index (κ1) is 12.4. The molecule has 0 aliphatic rings. The molecule has 0 unspecified atom stereocenters. The van der Waals surface area contributed by atoms with Crippen LogP contribution in [0.5, 0.6) is 0 Å². The molecule has 2 aromatic heterocycles. The second kappa shape index (κ2) is 4.70. The summed E-state index contributed by atoms with van der Waals surface area (Å²) in [5.74, 6) is 0.558. The molecule has 4 nitrogen and oxygen atoms in total. The van der Waals surface area contributed by atoms with Crippen LogP contribution in [0.25, 0.3) is 0 Å². The van der Waals surface area contributed by atoms with E-state index < -0.39 is 0 Å². The SMILES string of the molecule is CC(C)(C)c1csc(Nc2ncc(Br)cn2)n1. The Bertz CT molecular complexity index is 501. The topological polar surface area (TPSA) is 50.7 Å². The molecule has 0 radical (unpaired) electrons. The molecule has 0 aliphatic carbocycles. The van der Waals surface area contributed by atoms with Gasteiger partial charge in [0.2, 0.25) is 5.95 Å². The number of anilines is 2. The van der Waals surface area contributed by atoms with Crippen LogP contribution in [0.15, 0.2) is 22.2 Å². The van der Waals surface area contributed by atoms with E-state index in [2.05, 4.69) is 62.3 Å². The lowest BCUT2D eigenvalue weighted by atomic mass is 9.93. The minimum Gasteiger partial charge on any atom is -0.300 e. The number of rotatable bonds is 2. The standard InChI is InChI=1S/C11H13BrN4S/c1-11(2,3)8-6-17-10(15-8)16-9-13-4-7(12)5-14-9/h4-6H,1-3H3,(H,13,14,15,16). The fourth-order valence-corrected chi connectivity index (χ4v) is 2.28. The largest absolute Gasteiger partial charge is 0.300 e. The van der Waals surface area contributed by atoms with Gasteiger partial charge >= 0.3 is 0 Å². The van der Waals surface area contributed by atoms with Crippen LogP contribution in [0, 0.1) is 0 Å². The van der Waals surface area contributed by atoms with Crippen molar-refractivity contribution in [3.05, 3.63) is 27.9 Å². The highest BCUT2D eigenvalue weighted by Gasteiger charge is 2.17. The van der Waals surface area contributed by atoms with Crippen LogP contribution < -0.4 is 5.32 Å². The summed E-state index contributed by atoms with van der Waals surface area (Å²) in [4.78, 5) is 12.8. The number of hydrogen-bond donors (Lipinski definition) is 1. The zero-order valence-corrected chi connectivity index (χ0v) is 12.3. The van der Waals surface area contributed by atoms with Crippen molar-refractivity contribution in [2.75, 3.05) is 5.32 Å². The van der Waals surface area contributed by atoms with Gasteiger partial charge in [-0.3, -0.25) is 0 Å². The van der Waals surface area contributed by atoms with E-state index in [1.54, 1.807) is 23.7 Å². The lowest BCUT2D eigenvalue weighted by Crippen LogP contribution is -2.11. The molecule has 0 saturated heterocycles. The van der Waals surface area contributed by atoms with Crippen molar-refractivity contribution in [2.45, 2.75) is 26.2 Å². The molecule has 0 aliphatic heterocycles. The highest BCUT2D eigenvalue weighted by Crippen LogP contribution is 2.27. The average molecular weight is 313 g/mol. The van der Waals surface area contributed by atoms with Crippen molar-refractivity contribution >= 4 is 38.3 Å². The minimum absolute atomic E-state index is 0.0665. The van der Waals surface area contributed by atoms with Gasteiger partial charge < -0.3 is 5.32 Å². The maximum absolute atomic E-state index is 4.51. The predicted molar refractivity (Wildman–Crippen MR) is 73.8 cm³/mol. The van der Waals surface area contributed by atoms with E-state index in [0.717, 1.165) is 15.3 Å². The zero-order chi connectivity index (χ0) is 12.5. The molecule has 2 aromatic rings. The normalized spacial score (nSPS) is 11.5. The van der Waals surface area contributed by atoms with Crippen molar-refractivity contribution in [3.63, 3.8) is 0 Å². The Morgan fingerprint density at radius 2 is 1.88 bits per heavy atom. The predicted octanol–water partition coefficient (Wildman–Crippen LogP) is 3.74. The first-order valence-corrected chi connectivity index (χ1v) is 6.83. The Morgan fingerprint density at radius 3 is 2.41 bits per heavy atom. The monoisotopic (exact) mass is 312 g/mol. The van der Waals surface area contributed by atoms with Gasteiger partial charge in [0.15, 0.2) is 5.13 Å². The summed E-state index contributed by atoms with van der Waals surface area (Å²) < 4.78 is 0.859. The third-order valence-electron chi connectivity index (χ3n) is 2.11. The van der Waals surface area contributed by atoms with Gasteiger partial charge in [0, 0.05) is 23.2 Å². The zero-order valence-electron chi connectivity index (χ0n) is 9.86. The molecular formula is C11H13BrN4S. The Balaban J connectivity index is 2.14. The van der Waals surface area contributed by atoms with Crippen molar-refractivity contribution in [1.29, 1.82) is 0 Å². The van der Waals surface area contributed by atoms with Crippen LogP contribution in [0.2, 0.25) is 0 Å². The fraction of sp³-hybridized carbons (Fsp3) is 0.364. The second-order valence-corrected chi connectivity index (χ2v) is 6.41. The highest BCUT2D eigenvalue weighted by molar-refractivity contribution is 9.10. The Kier molecular flexibility index (Phi) is 3.44. The van der Waals surface area contributed by atoms with Crippen LogP contribution in [-0.4, -0.2) is 15.0 Å². The summed E-state index contributed by atoms with van der Waals surface area (Å²) in [6.07, 6.45) is 3.40. The van der Waals surface area contributed by atoms with Crippen LogP contribution in [0.3, 0.4) is 0 Å². The number of hydrogen-bond acceptors (Lipinski definition) is 5. The third kappa shape index (κ3) is 3.23. The Hall–Kier alpha value is -1.01. The van der Waals surface area contributed by atoms with Gasteiger partial charge in [-0.1, -0.05) is 20.8 Å². The summed E-state index contributed by atoms with van der Waals surface area (Å²) >= 11 is 4.86. The van der Waals surface area contributed by atoms with E-state index in [-0.39, 0.29) is 5.41 Å². The molecule has 0 atom stereocenters. The molecule has 0 bridgehead atoms. The molecule has 6 heteroatoms. The molecule has 17 heavy (non-hydrogen) atoms. The number of thiazole rings is 1. The van der Waals surface area contributed by atoms with Gasteiger partial charge in [0.05, 0.1) is 10.2 Å². The maximum Gasteiger partial charge on any atom is 0.228 e. The van der Waals surface area contributed by atoms with Gasteiger partial charge in [-0.15, -0.1) is 11.3 Å². The van der Waals surface area contributed by atoms with E-state index in [9.17, 15) is 0 Å². The van der Waals surface area contributed by atoms with E-state index in [0.29, 0.717) is 5.95 Å². The lowest BCUT2D eigenvalue weighted by molar-refractivity contribution is 0.573. The highest BCUT2D eigenvalue weighted by atomic mass is 79.9. The summed E-state index contributed by atoms with van der Waals surface area (Å²) in [7, 11) is 0. The molecule has 1 N–H and O–H groups in total. The van der Waals surface area contributed by atoms with E-state index >= 15 is 0 Å². The van der Waals surface area contributed by atoms with Crippen LogP contribution in [0.1, 0.15) is 26.5 Å². The first-order chi connectivity index (χ1) is 7.95. The first-order valence-electron chi connectivity index (χ1n) is 5.16. The quantitative estimate of drug-likeness (QED) is 0.917. The van der Waals surface area contributed by atoms with Gasteiger partial charge in [0.25, 0.3) is 0 Å². The van der Waals surface area contributed by atoms with Crippen molar-refractivity contribution in [3.8, 4) is 0 Å². The number of halogens is 1. The van der Waals surface area contributed by atoms with E-state index in [4.69, 9.17) is 0 Å². The number of nitrogens with zero attached hydrogens (tertiary/aromatic N) is 3. The molecule has 90 valence electrons. The average Bonchev–Trinajstić information content (AvgIpc) is 2.69. The van der Waals surface area contributed by atoms with E-state index in [1.807, 2.05) is 0 Å². The van der Waals surface area contributed by atoms with Crippen molar-refractivity contribution in [2.24, 2.45) is 0 Å². The van der Waals surface area contributed by atoms with Crippen LogP contribution in [-0.2, 0) is 5.41 Å². The molecule has 0 fully saturated rings. The van der Waals surface area contributed by atoms with Gasteiger partial charge in [0.1, 0.15) is 0 Å². The van der Waals surface area contributed by atoms with Gasteiger partial charge in [-0.05, 0) is 15.9 Å². The van der Waals surface area contributed by atoms with Crippen molar-refractivity contribution < 1.29 is 0 Å². The molecular weight excluding hydrogens is 300 g/mol. The Labute approximate surface area is 113 Å². The van der Waals surface area contributed by atoms with Gasteiger partial charge in [-0.25, -0.2) is 15.0 Å². The Morgan fingerprint density at radius 1 is 1.24 bits per heavy atom. The summed E-state index contributed by atoms with van der Waals surface area (Å²) in [6.45, 7) is 6.42. The molecule has 2 rings (SSSR count). The second-order valence-electron chi connectivity index (χ2n) is 4.64. The summed E-state index contributed by atoms with van der Waals surface area (Å²) in [5.41, 5.74) is 1.14. The maximum atomic E-state index is 4.51. The smallest absolute Gasteiger partial charge is 0.228 e. The number of nitrogens with one attached hydrogen (secondary N) is 1. The molecule has 0 spiro atoms. The fourth-order valence-electron chi connectivity index (χ4n) is 1.15. The minimum atomic E-state index is 0.0665. The molecule has 0 amide bonds. The summed E-state index contributed by atoms with van der Waals surface area (Å²) in [5, 5.41) is 5.96. The van der Waals surface area contributed by atoms with Crippen molar-refractivity contribution in [1.82, 2.24) is 15.0 Å². The van der Waals surface area contributed by atoms with Gasteiger partial charge in [-0.2, -0.15) is 0 Å².